The number of benzene rings is 2. The summed E-state index contributed by atoms with van der Waals surface area (Å²) in [5.41, 5.74) is 10.1. The van der Waals surface area contributed by atoms with Crippen molar-refractivity contribution in [1.29, 1.82) is 0 Å². The highest BCUT2D eigenvalue weighted by Gasteiger charge is 2.18. The third kappa shape index (κ3) is 4.21. The van der Waals surface area contributed by atoms with E-state index in [0.29, 0.717) is 23.4 Å². The number of ether oxygens (including phenoxy) is 1. The Hall–Kier alpha value is -2.43. The molecule has 0 spiro atoms. The van der Waals surface area contributed by atoms with Crippen LogP contribution in [0.15, 0.2) is 60.9 Å². The lowest BCUT2D eigenvalue weighted by Crippen LogP contribution is -2.15. The lowest BCUT2D eigenvalue weighted by atomic mass is 9.97. The Bertz CT molecular complexity index is 868. The standard InChI is InChI=1S/C21H22ClN3O/c1-14(2)17-9-8-16(19(23)20-21(22)25-11-10-24-20)12-18(17)26-13-15-6-4-3-5-7-15/h3-12,14,19H,13,23H2,1-2H3. The number of hydrogen-bond donors (Lipinski definition) is 1. The molecule has 0 bridgehead atoms. The van der Waals surface area contributed by atoms with Crippen LogP contribution >= 0.6 is 11.6 Å². The largest absolute Gasteiger partial charge is 0.489 e. The number of halogens is 1. The number of hydrogen-bond acceptors (Lipinski definition) is 4. The van der Waals surface area contributed by atoms with Crippen LogP contribution in [0.4, 0.5) is 0 Å². The van der Waals surface area contributed by atoms with E-state index in [1.54, 1.807) is 12.4 Å². The Balaban J connectivity index is 1.89. The molecule has 0 saturated carbocycles. The Morgan fingerprint density at radius 3 is 2.46 bits per heavy atom. The molecule has 4 nitrogen and oxygen atoms in total. The normalized spacial score (nSPS) is 12.2. The van der Waals surface area contributed by atoms with Crippen LogP contribution in [0.3, 0.4) is 0 Å². The van der Waals surface area contributed by atoms with E-state index in [9.17, 15) is 0 Å². The molecule has 0 aliphatic heterocycles. The summed E-state index contributed by atoms with van der Waals surface area (Å²) in [6.07, 6.45) is 3.14. The summed E-state index contributed by atoms with van der Waals surface area (Å²) in [6.45, 7) is 4.79. The number of nitrogens with two attached hydrogens (primary N) is 1. The zero-order chi connectivity index (χ0) is 18.5. The summed E-state index contributed by atoms with van der Waals surface area (Å²) in [6, 6.07) is 15.7. The predicted octanol–water partition coefficient (Wildman–Crippen LogP) is 4.88. The van der Waals surface area contributed by atoms with Crippen molar-refractivity contribution >= 4 is 11.6 Å². The van der Waals surface area contributed by atoms with Crippen LogP contribution in [0.25, 0.3) is 0 Å². The fourth-order valence-corrected chi connectivity index (χ4v) is 3.00. The van der Waals surface area contributed by atoms with Gasteiger partial charge in [0, 0.05) is 12.4 Å². The van der Waals surface area contributed by atoms with Crippen molar-refractivity contribution < 1.29 is 4.74 Å². The van der Waals surface area contributed by atoms with Crippen LogP contribution < -0.4 is 10.5 Å². The van der Waals surface area contributed by atoms with Gasteiger partial charge >= 0.3 is 0 Å². The van der Waals surface area contributed by atoms with Crippen LogP contribution in [0.5, 0.6) is 5.75 Å². The van der Waals surface area contributed by atoms with E-state index in [2.05, 4.69) is 29.9 Å². The molecule has 1 aromatic heterocycles. The van der Waals surface area contributed by atoms with Gasteiger partial charge in [-0.25, -0.2) is 4.98 Å². The Kier molecular flexibility index (Phi) is 5.86. The summed E-state index contributed by atoms with van der Waals surface area (Å²) in [5, 5.41) is 0.319. The molecule has 0 aliphatic rings. The highest BCUT2D eigenvalue weighted by atomic mass is 35.5. The van der Waals surface area contributed by atoms with E-state index < -0.39 is 6.04 Å². The first-order valence-corrected chi connectivity index (χ1v) is 8.96. The van der Waals surface area contributed by atoms with Crippen molar-refractivity contribution in [1.82, 2.24) is 9.97 Å². The molecule has 0 saturated heterocycles. The van der Waals surface area contributed by atoms with Crippen molar-refractivity contribution in [3.63, 3.8) is 0 Å². The molecule has 3 aromatic rings. The van der Waals surface area contributed by atoms with E-state index in [1.807, 2.05) is 42.5 Å². The summed E-state index contributed by atoms with van der Waals surface area (Å²) in [5.74, 6) is 1.17. The van der Waals surface area contributed by atoms with Crippen LogP contribution in [0.1, 0.15) is 48.2 Å². The third-order valence-electron chi connectivity index (χ3n) is 4.23. The molecular formula is C21H22ClN3O. The predicted molar refractivity (Wildman–Crippen MR) is 104 cm³/mol. The highest BCUT2D eigenvalue weighted by molar-refractivity contribution is 6.30. The average molecular weight is 368 g/mol. The molecule has 2 N–H and O–H groups in total. The topological polar surface area (TPSA) is 61.0 Å². The van der Waals surface area contributed by atoms with Gasteiger partial charge in [-0.3, -0.25) is 4.98 Å². The lowest BCUT2D eigenvalue weighted by molar-refractivity contribution is 0.301. The van der Waals surface area contributed by atoms with Gasteiger partial charge in [0.1, 0.15) is 12.4 Å². The first-order chi connectivity index (χ1) is 12.6. The molecule has 0 fully saturated rings. The first kappa shape index (κ1) is 18.4. The number of rotatable bonds is 6. The quantitative estimate of drug-likeness (QED) is 0.674. The van der Waals surface area contributed by atoms with E-state index in [1.165, 1.54) is 0 Å². The number of aromatic nitrogens is 2. The molecule has 0 amide bonds. The molecule has 5 heteroatoms. The Labute approximate surface area is 159 Å². The molecule has 0 radical (unpaired) electrons. The van der Waals surface area contributed by atoms with Gasteiger partial charge in [0.2, 0.25) is 0 Å². The molecular weight excluding hydrogens is 346 g/mol. The minimum atomic E-state index is -0.462. The van der Waals surface area contributed by atoms with E-state index in [4.69, 9.17) is 22.1 Å². The van der Waals surface area contributed by atoms with Gasteiger partial charge in [-0.1, -0.05) is 67.9 Å². The molecule has 1 atom stereocenters. The fourth-order valence-electron chi connectivity index (χ4n) is 2.78. The maximum atomic E-state index is 6.38. The van der Waals surface area contributed by atoms with Gasteiger partial charge in [-0.15, -0.1) is 0 Å². The monoisotopic (exact) mass is 367 g/mol. The van der Waals surface area contributed by atoms with Gasteiger partial charge in [-0.05, 0) is 28.7 Å². The van der Waals surface area contributed by atoms with E-state index in [-0.39, 0.29) is 0 Å². The van der Waals surface area contributed by atoms with Crippen LogP contribution in [-0.4, -0.2) is 9.97 Å². The maximum Gasteiger partial charge on any atom is 0.152 e. The third-order valence-corrected chi connectivity index (χ3v) is 4.52. The van der Waals surface area contributed by atoms with Gasteiger partial charge in [0.05, 0.1) is 11.7 Å². The van der Waals surface area contributed by atoms with Crippen molar-refractivity contribution in [3.05, 3.63) is 88.5 Å². The Morgan fingerprint density at radius 2 is 1.77 bits per heavy atom. The van der Waals surface area contributed by atoms with Crippen LogP contribution in [0, 0.1) is 0 Å². The first-order valence-electron chi connectivity index (χ1n) is 8.59. The number of nitrogens with zero attached hydrogens (tertiary/aromatic N) is 2. The van der Waals surface area contributed by atoms with Gasteiger partial charge in [-0.2, -0.15) is 0 Å². The molecule has 2 aromatic carbocycles. The van der Waals surface area contributed by atoms with Crippen molar-refractivity contribution in [2.45, 2.75) is 32.4 Å². The van der Waals surface area contributed by atoms with E-state index >= 15 is 0 Å². The SMILES string of the molecule is CC(C)c1ccc(C(N)c2nccnc2Cl)cc1OCc1ccccc1. The van der Waals surface area contributed by atoms with E-state index in [0.717, 1.165) is 22.4 Å². The van der Waals surface area contributed by atoms with Gasteiger partial charge in [0.15, 0.2) is 5.15 Å². The smallest absolute Gasteiger partial charge is 0.152 e. The molecule has 0 aliphatic carbocycles. The fraction of sp³-hybridized carbons (Fsp3) is 0.238. The minimum Gasteiger partial charge on any atom is -0.489 e. The maximum absolute atomic E-state index is 6.38. The van der Waals surface area contributed by atoms with Crippen molar-refractivity contribution in [2.75, 3.05) is 0 Å². The summed E-state index contributed by atoms with van der Waals surface area (Å²) in [4.78, 5) is 8.34. The van der Waals surface area contributed by atoms with Gasteiger partial charge in [0.25, 0.3) is 0 Å². The second-order valence-corrected chi connectivity index (χ2v) is 6.79. The zero-order valence-electron chi connectivity index (χ0n) is 14.9. The second-order valence-electron chi connectivity index (χ2n) is 6.44. The van der Waals surface area contributed by atoms with Crippen LogP contribution in [0.2, 0.25) is 5.15 Å². The van der Waals surface area contributed by atoms with Crippen molar-refractivity contribution in [3.8, 4) is 5.75 Å². The summed E-state index contributed by atoms with van der Waals surface area (Å²) >= 11 is 6.15. The molecule has 3 rings (SSSR count). The van der Waals surface area contributed by atoms with Crippen molar-refractivity contribution in [2.24, 2.45) is 5.73 Å². The summed E-state index contributed by atoms with van der Waals surface area (Å²) in [7, 11) is 0. The lowest BCUT2D eigenvalue weighted by Gasteiger charge is -2.18. The molecule has 134 valence electrons. The Morgan fingerprint density at radius 1 is 1.04 bits per heavy atom. The molecule has 1 heterocycles. The summed E-state index contributed by atoms with van der Waals surface area (Å²) < 4.78 is 6.12. The average Bonchev–Trinajstić information content (AvgIpc) is 2.66. The zero-order valence-corrected chi connectivity index (χ0v) is 15.6. The molecule has 26 heavy (non-hydrogen) atoms. The molecule has 1 unspecified atom stereocenters. The second kappa shape index (κ2) is 8.30. The van der Waals surface area contributed by atoms with Crippen LogP contribution in [-0.2, 0) is 6.61 Å². The highest BCUT2D eigenvalue weighted by Crippen LogP contribution is 2.32. The van der Waals surface area contributed by atoms with Gasteiger partial charge < -0.3 is 10.5 Å². The minimum absolute atomic E-state index is 0.319.